The average molecular weight is 245 g/mol. The Hall–Kier alpha value is -1.97. The van der Waals surface area contributed by atoms with Crippen molar-refractivity contribution in [1.29, 1.82) is 0 Å². The fourth-order valence-corrected chi connectivity index (χ4v) is 2.01. The first-order valence-corrected chi connectivity index (χ1v) is 5.92. The lowest BCUT2D eigenvalue weighted by Crippen LogP contribution is -2.04. The van der Waals surface area contributed by atoms with Gasteiger partial charge in [0.15, 0.2) is 0 Å². The fraction of sp³-hybridized carbons (Fsp3) is 0.286. The van der Waals surface area contributed by atoms with Gasteiger partial charge in [-0.15, -0.1) is 0 Å². The minimum atomic E-state index is -0.258. The first kappa shape index (κ1) is 12.5. The third kappa shape index (κ3) is 2.32. The van der Waals surface area contributed by atoms with Crippen molar-refractivity contribution in [3.63, 3.8) is 0 Å². The van der Waals surface area contributed by atoms with Crippen LogP contribution in [0.1, 0.15) is 25.3 Å². The third-order valence-electron chi connectivity index (χ3n) is 2.80. The van der Waals surface area contributed by atoms with Crippen LogP contribution >= 0.6 is 0 Å². The van der Waals surface area contributed by atoms with Crippen molar-refractivity contribution in [2.24, 2.45) is 0 Å². The molecule has 0 spiro atoms. The zero-order valence-corrected chi connectivity index (χ0v) is 10.7. The van der Waals surface area contributed by atoms with Gasteiger partial charge in [-0.3, -0.25) is 0 Å². The maximum absolute atomic E-state index is 13.3. The SMILES string of the molecule is CNc1ncnc(-c2cccc(F)c2)c1C(C)C. The maximum atomic E-state index is 13.3. The summed E-state index contributed by atoms with van der Waals surface area (Å²) in [4.78, 5) is 8.51. The molecule has 3 nitrogen and oxygen atoms in total. The van der Waals surface area contributed by atoms with Crippen LogP contribution in [0.15, 0.2) is 30.6 Å². The Kier molecular flexibility index (Phi) is 3.55. The smallest absolute Gasteiger partial charge is 0.133 e. The van der Waals surface area contributed by atoms with Crippen LogP contribution in [0.5, 0.6) is 0 Å². The molecule has 0 aliphatic heterocycles. The summed E-state index contributed by atoms with van der Waals surface area (Å²) >= 11 is 0. The van der Waals surface area contributed by atoms with E-state index in [1.165, 1.54) is 18.5 Å². The second-order valence-corrected chi connectivity index (χ2v) is 4.40. The highest BCUT2D eigenvalue weighted by atomic mass is 19.1. The molecule has 0 saturated carbocycles. The van der Waals surface area contributed by atoms with Crippen molar-refractivity contribution >= 4 is 5.82 Å². The molecule has 4 heteroatoms. The number of rotatable bonds is 3. The number of anilines is 1. The second-order valence-electron chi connectivity index (χ2n) is 4.40. The van der Waals surface area contributed by atoms with Gasteiger partial charge in [-0.05, 0) is 18.1 Å². The first-order chi connectivity index (χ1) is 8.63. The maximum Gasteiger partial charge on any atom is 0.133 e. The molecule has 1 aromatic heterocycles. The molecule has 2 aromatic rings. The van der Waals surface area contributed by atoms with E-state index < -0.39 is 0 Å². The molecule has 0 aliphatic rings. The Morgan fingerprint density at radius 3 is 2.61 bits per heavy atom. The van der Waals surface area contributed by atoms with E-state index in [0.717, 1.165) is 22.6 Å². The molecule has 1 N–H and O–H groups in total. The minimum Gasteiger partial charge on any atom is -0.373 e. The number of hydrogen-bond acceptors (Lipinski definition) is 3. The van der Waals surface area contributed by atoms with Crippen molar-refractivity contribution in [2.75, 3.05) is 12.4 Å². The summed E-state index contributed by atoms with van der Waals surface area (Å²) in [5, 5.41) is 3.06. The van der Waals surface area contributed by atoms with E-state index in [-0.39, 0.29) is 11.7 Å². The molecule has 1 aromatic carbocycles. The van der Waals surface area contributed by atoms with Crippen LogP contribution in [-0.2, 0) is 0 Å². The van der Waals surface area contributed by atoms with E-state index in [1.807, 2.05) is 13.1 Å². The molecule has 0 radical (unpaired) electrons. The van der Waals surface area contributed by atoms with Crippen molar-refractivity contribution in [3.05, 3.63) is 42.0 Å². The van der Waals surface area contributed by atoms with Crippen LogP contribution in [0, 0.1) is 5.82 Å². The molecule has 0 aliphatic carbocycles. The number of aromatic nitrogens is 2. The van der Waals surface area contributed by atoms with Crippen molar-refractivity contribution in [1.82, 2.24) is 9.97 Å². The molecular weight excluding hydrogens is 229 g/mol. The molecule has 2 rings (SSSR count). The lowest BCUT2D eigenvalue weighted by molar-refractivity contribution is 0.628. The number of nitrogens with one attached hydrogen (secondary N) is 1. The van der Waals surface area contributed by atoms with Crippen LogP contribution in [0.2, 0.25) is 0 Å². The quantitative estimate of drug-likeness (QED) is 0.900. The van der Waals surface area contributed by atoms with Gasteiger partial charge in [0.25, 0.3) is 0 Å². The summed E-state index contributed by atoms with van der Waals surface area (Å²) in [5.41, 5.74) is 2.56. The highest BCUT2D eigenvalue weighted by Crippen LogP contribution is 2.31. The van der Waals surface area contributed by atoms with Gasteiger partial charge in [-0.1, -0.05) is 26.0 Å². The zero-order valence-electron chi connectivity index (χ0n) is 10.7. The van der Waals surface area contributed by atoms with Crippen LogP contribution in [-0.4, -0.2) is 17.0 Å². The second kappa shape index (κ2) is 5.12. The molecule has 0 amide bonds. The summed E-state index contributed by atoms with van der Waals surface area (Å²) in [6, 6.07) is 6.47. The van der Waals surface area contributed by atoms with E-state index >= 15 is 0 Å². The van der Waals surface area contributed by atoms with Crippen LogP contribution in [0.3, 0.4) is 0 Å². The lowest BCUT2D eigenvalue weighted by Gasteiger charge is -2.15. The van der Waals surface area contributed by atoms with Gasteiger partial charge < -0.3 is 5.32 Å². The van der Waals surface area contributed by atoms with E-state index in [4.69, 9.17) is 0 Å². The largest absolute Gasteiger partial charge is 0.373 e. The van der Waals surface area contributed by atoms with Gasteiger partial charge in [0.05, 0.1) is 5.69 Å². The summed E-state index contributed by atoms with van der Waals surface area (Å²) in [7, 11) is 1.82. The average Bonchev–Trinajstić information content (AvgIpc) is 2.37. The van der Waals surface area contributed by atoms with Crippen LogP contribution < -0.4 is 5.32 Å². The zero-order chi connectivity index (χ0) is 13.1. The van der Waals surface area contributed by atoms with Crippen molar-refractivity contribution < 1.29 is 4.39 Å². The molecular formula is C14H16FN3. The van der Waals surface area contributed by atoms with Gasteiger partial charge >= 0.3 is 0 Å². The number of halogens is 1. The Bertz CT molecular complexity index is 552. The van der Waals surface area contributed by atoms with Gasteiger partial charge in [0.2, 0.25) is 0 Å². The highest BCUT2D eigenvalue weighted by molar-refractivity contribution is 5.69. The monoisotopic (exact) mass is 245 g/mol. The summed E-state index contributed by atoms with van der Waals surface area (Å²) < 4.78 is 13.3. The molecule has 1 heterocycles. The number of hydrogen-bond donors (Lipinski definition) is 1. The van der Waals surface area contributed by atoms with Crippen molar-refractivity contribution in [2.45, 2.75) is 19.8 Å². The molecule has 0 unspecified atom stereocenters. The van der Waals surface area contributed by atoms with Crippen molar-refractivity contribution in [3.8, 4) is 11.3 Å². The van der Waals surface area contributed by atoms with E-state index in [9.17, 15) is 4.39 Å². The Morgan fingerprint density at radius 1 is 1.22 bits per heavy atom. The highest BCUT2D eigenvalue weighted by Gasteiger charge is 2.15. The number of nitrogens with zero attached hydrogens (tertiary/aromatic N) is 2. The fourth-order valence-electron chi connectivity index (χ4n) is 2.01. The summed E-state index contributed by atoms with van der Waals surface area (Å²) in [6.45, 7) is 4.14. The molecule has 0 saturated heterocycles. The first-order valence-electron chi connectivity index (χ1n) is 5.92. The normalized spacial score (nSPS) is 10.7. The summed E-state index contributed by atoms with van der Waals surface area (Å²) in [5.74, 6) is 0.790. The third-order valence-corrected chi connectivity index (χ3v) is 2.80. The standard InChI is InChI=1S/C14H16FN3/c1-9(2)12-13(17-8-18-14(12)16-3)10-5-4-6-11(15)7-10/h4-9H,1-3H3,(H,16,17,18). The molecule has 94 valence electrons. The molecule has 0 atom stereocenters. The van der Waals surface area contributed by atoms with E-state index in [0.29, 0.717) is 0 Å². The van der Waals surface area contributed by atoms with Gasteiger partial charge in [0, 0.05) is 18.2 Å². The minimum absolute atomic E-state index is 0.256. The van der Waals surface area contributed by atoms with Crippen LogP contribution in [0.25, 0.3) is 11.3 Å². The Labute approximate surface area is 106 Å². The van der Waals surface area contributed by atoms with Gasteiger partial charge in [0.1, 0.15) is 18.0 Å². The predicted molar refractivity (Wildman–Crippen MR) is 71.1 cm³/mol. The van der Waals surface area contributed by atoms with E-state index in [2.05, 4.69) is 29.1 Å². The Balaban J connectivity index is 2.63. The predicted octanol–water partition coefficient (Wildman–Crippen LogP) is 3.45. The van der Waals surface area contributed by atoms with Gasteiger partial charge in [-0.25, -0.2) is 14.4 Å². The number of benzene rings is 1. The van der Waals surface area contributed by atoms with Crippen LogP contribution in [0.4, 0.5) is 10.2 Å². The topological polar surface area (TPSA) is 37.8 Å². The lowest BCUT2D eigenvalue weighted by atomic mass is 9.97. The Morgan fingerprint density at radius 2 is 2.00 bits per heavy atom. The molecule has 18 heavy (non-hydrogen) atoms. The van der Waals surface area contributed by atoms with Gasteiger partial charge in [-0.2, -0.15) is 0 Å². The van der Waals surface area contributed by atoms with E-state index in [1.54, 1.807) is 6.07 Å². The molecule has 0 fully saturated rings. The summed E-state index contributed by atoms with van der Waals surface area (Å²) in [6.07, 6.45) is 1.50. The molecule has 0 bridgehead atoms.